The number of anilines is 6. The van der Waals surface area contributed by atoms with Gasteiger partial charge in [0.2, 0.25) is 5.95 Å². The number of aromatic nitrogens is 2. The third kappa shape index (κ3) is 5.56. The Morgan fingerprint density at radius 3 is 2.55 bits per heavy atom. The van der Waals surface area contributed by atoms with Gasteiger partial charge in [0.15, 0.2) is 5.82 Å². The number of hydrogen-bond donors (Lipinski definition) is 3. The van der Waals surface area contributed by atoms with Crippen LogP contribution in [0.2, 0.25) is 5.02 Å². The van der Waals surface area contributed by atoms with Crippen LogP contribution in [0.15, 0.2) is 72.9 Å². The first-order valence-electron chi connectivity index (χ1n) is 12.6. The van der Waals surface area contributed by atoms with Crippen molar-refractivity contribution in [1.82, 2.24) is 9.97 Å². The molecule has 3 heterocycles. The van der Waals surface area contributed by atoms with E-state index >= 15 is 0 Å². The summed E-state index contributed by atoms with van der Waals surface area (Å²) in [7, 11) is 0. The van der Waals surface area contributed by atoms with Crippen molar-refractivity contribution in [1.29, 1.82) is 0 Å². The van der Waals surface area contributed by atoms with Crippen LogP contribution in [0.5, 0.6) is 0 Å². The van der Waals surface area contributed by atoms with E-state index in [0.29, 0.717) is 22.4 Å². The van der Waals surface area contributed by atoms with Crippen LogP contribution < -0.4 is 20.9 Å². The second-order valence-corrected chi connectivity index (χ2v) is 9.77. The zero-order valence-corrected chi connectivity index (χ0v) is 21.5. The summed E-state index contributed by atoms with van der Waals surface area (Å²) < 4.78 is 5.44. The van der Waals surface area contributed by atoms with Gasteiger partial charge in [-0.2, -0.15) is 4.98 Å². The largest absolute Gasteiger partial charge is 0.378 e. The standard InChI is InChI=1S/C29H27ClN6O2/c30-26-18-31-29-34-23-3-1-2-19(15-23)4-5-20-14-21(17-24(16-20)32-27(26)35-29)28(37)33-22-6-8-25(9-7-22)36-10-12-38-13-11-36/h1-3,6-9,14-18H,4-5,10-13H2,(H,33,37)(H2,31,32,34,35). The number of rotatable bonds is 3. The number of carbonyl (C=O) groups is 1. The second kappa shape index (κ2) is 10.7. The molecule has 6 rings (SSSR count). The Kier molecular flexibility index (Phi) is 6.81. The van der Waals surface area contributed by atoms with E-state index < -0.39 is 0 Å². The summed E-state index contributed by atoms with van der Waals surface area (Å²) in [6, 6.07) is 21.9. The third-order valence-electron chi connectivity index (χ3n) is 6.65. The average Bonchev–Trinajstić information content (AvgIpc) is 2.95. The topological polar surface area (TPSA) is 91.4 Å². The Labute approximate surface area is 226 Å². The smallest absolute Gasteiger partial charge is 0.255 e. The summed E-state index contributed by atoms with van der Waals surface area (Å²) in [5.41, 5.74) is 6.25. The Bertz CT molecular complexity index is 1470. The van der Waals surface area contributed by atoms with Crippen molar-refractivity contribution >= 4 is 52.0 Å². The Balaban J connectivity index is 1.28. The number of morpholine rings is 1. The molecule has 0 saturated carbocycles. The van der Waals surface area contributed by atoms with Crippen molar-refractivity contribution in [3.8, 4) is 0 Å². The van der Waals surface area contributed by atoms with Gasteiger partial charge in [-0.25, -0.2) is 4.98 Å². The number of halogens is 1. The van der Waals surface area contributed by atoms with Gasteiger partial charge in [0, 0.05) is 41.4 Å². The fourth-order valence-corrected chi connectivity index (χ4v) is 4.83. The van der Waals surface area contributed by atoms with Crippen molar-refractivity contribution in [3.05, 3.63) is 94.6 Å². The maximum atomic E-state index is 13.3. The van der Waals surface area contributed by atoms with E-state index in [4.69, 9.17) is 16.3 Å². The predicted molar refractivity (Wildman–Crippen MR) is 151 cm³/mol. The van der Waals surface area contributed by atoms with Gasteiger partial charge in [0.25, 0.3) is 5.91 Å². The van der Waals surface area contributed by atoms with Crippen molar-refractivity contribution in [2.24, 2.45) is 0 Å². The molecule has 0 unspecified atom stereocenters. The van der Waals surface area contributed by atoms with Crippen molar-refractivity contribution in [2.45, 2.75) is 12.8 Å². The number of nitrogens with zero attached hydrogens (tertiary/aromatic N) is 3. The first kappa shape index (κ1) is 24.2. The highest BCUT2D eigenvalue weighted by Crippen LogP contribution is 2.28. The van der Waals surface area contributed by atoms with Crippen LogP contribution in [0.4, 0.5) is 34.5 Å². The zero-order chi connectivity index (χ0) is 25.9. The molecule has 0 aliphatic carbocycles. The molecule has 3 N–H and O–H groups in total. The van der Waals surface area contributed by atoms with E-state index in [2.05, 4.69) is 43.0 Å². The van der Waals surface area contributed by atoms with Gasteiger partial charge in [-0.05, 0) is 78.6 Å². The van der Waals surface area contributed by atoms with Gasteiger partial charge in [-0.1, -0.05) is 23.7 Å². The van der Waals surface area contributed by atoms with Crippen molar-refractivity contribution in [2.75, 3.05) is 47.2 Å². The number of benzene rings is 3. The molecular weight excluding hydrogens is 500 g/mol. The van der Waals surface area contributed by atoms with Crippen LogP contribution in [0.25, 0.3) is 0 Å². The van der Waals surface area contributed by atoms with E-state index in [1.807, 2.05) is 54.6 Å². The predicted octanol–water partition coefficient (Wildman–Crippen LogP) is 5.80. The van der Waals surface area contributed by atoms with Crippen molar-refractivity contribution in [3.63, 3.8) is 0 Å². The van der Waals surface area contributed by atoms with E-state index in [9.17, 15) is 4.79 Å². The molecule has 2 aliphatic rings. The highest BCUT2D eigenvalue weighted by molar-refractivity contribution is 6.32. The lowest BCUT2D eigenvalue weighted by Crippen LogP contribution is -2.36. The first-order valence-corrected chi connectivity index (χ1v) is 13.0. The maximum Gasteiger partial charge on any atom is 0.255 e. The molecule has 38 heavy (non-hydrogen) atoms. The molecule has 1 fully saturated rings. The molecule has 1 amide bonds. The molecule has 6 bridgehead atoms. The van der Waals surface area contributed by atoms with Crippen LogP contribution >= 0.6 is 11.6 Å². The minimum atomic E-state index is -0.184. The van der Waals surface area contributed by atoms with Crippen LogP contribution in [0, 0.1) is 0 Å². The summed E-state index contributed by atoms with van der Waals surface area (Å²) in [6.07, 6.45) is 3.15. The highest BCUT2D eigenvalue weighted by atomic mass is 35.5. The molecule has 2 aliphatic heterocycles. The molecule has 4 aromatic rings. The number of ether oxygens (including phenoxy) is 1. The normalized spacial score (nSPS) is 14.7. The molecule has 0 radical (unpaired) electrons. The van der Waals surface area contributed by atoms with Crippen LogP contribution in [-0.2, 0) is 17.6 Å². The molecule has 1 aromatic heterocycles. The van der Waals surface area contributed by atoms with Gasteiger partial charge < -0.3 is 25.6 Å². The fraction of sp³-hybridized carbons (Fsp3) is 0.207. The van der Waals surface area contributed by atoms with Crippen molar-refractivity contribution < 1.29 is 9.53 Å². The van der Waals surface area contributed by atoms with Gasteiger partial charge >= 0.3 is 0 Å². The lowest BCUT2D eigenvalue weighted by atomic mass is 10.0. The summed E-state index contributed by atoms with van der Waals surface area (Å²) >= 11 is 6.41. The van der Waals surface area contributed by atoms with Gasteiger partial charge in [0.1, 0.15) is 5.02 Å². The molecule has 192 valence electrons. The fourth-order valence-electron chi connectivity index (χ4n) is 4.69. The molecule has 1 saturated heterocycles. The minimum absolute atomic E-state index is 0.184. The highest BCUT2D eigenvalue weighted by Gasteiger charge is 2.15. The summed E-state index contributed by atoms with van der Waals surface area (Å²) in [5.74, 6) is 0.709. The van der Waals surface area contributed by atoms with E-state index in [1.165, 1.54) is 5.56 Å². The average molecular weight is 527 g/mol. The molecule has 0 spiro atoms. The lowest BCUT2D eigenvalue weighted by Gasteiger charge is -2.28. The molecule has 8 nitrogen and oxygen atoms in total. The molecule has 0 atom stereocenters. The van der Waals surface area contributed by atoms with Gasteiger partial charge in [-0.3, -0.25) is 4.79 Å². The SMILES string of the molecule is O=C(Nc1ccc(N2CCOCC2)cc1)c1cc2cc(c1)Nc1nc(ncc1Cl)Nc1cccc(c1)CC2. The van der Waals surface area contributed by atoms with E-state index in [-0.39, 0.29) is 5.91 Å². The Morgan fingerprint density at radius 2 is 1.71 bits per heavy atom. The Hall–Kier alpha value is -4.14. The molecule has 9 heteroatoms. The first-order chi connectivity index (χ1) is 18.6. The van der Waals surface area contributed by atoms with E-state index in [0.717, 1.165) is 67.5 Å². The quantitative estimate of drug-likeness (QED) is 0.310. The van der Waals surface area contributed by atoms with Gasteiger partial charge in [-0.15, -0.1) is 0 Å². The lowest BCUT2D eigenvalue weighted by molar-refractivity contribution is 0.102. The minimum Gasteiger partial charge on any atom is -0.378 e. The molecular formula is C29H27ClN6O2. The second-order valence-electron chi connectivity index (χ2n) is 9.36. The number of aryl methyl sites for hydroxylation is 2. The van der Waals surface area contributed by atoms with Gasteiger partial charge in [0.05, 0.1) is 19.4 Å². The van der Waals surface area contributed by atoms with Crippen LogP contribution in [0.1, 0.15) is 21.5 Å². The third-order valence-corrected chi connectivity index (χ3v) is 6.93. The summed E-state index contributed by atoms with van der Waals surface area (Å²) in [5, 5.41) is 9.95. The maximum absolute atomic E-state index is 13.3. The summed E-state index contributed by atoms with van der Waals surface area (Å²) in [4.78, 5) is 24.5. The number of nitrogens with one attached hydrogen (secondary N) is 3. The van der Waals surface area contributed by atoms with Crippen LogP contribution in [0.3, 0.4) is 0 Å². The van der Waals surface area contributed by atoms with E-state index in [1.54, 1.807) is 6.20 Å². The van der Waals surface area contributed by atoms with Crippen LogP contribution in [-0.4, -0.2) is 42.2 Å². The number of amides is 1. The number of fused-ring (bicyclic) bond motifs is 6. The summed E-state index contributed by atoms with van der Waals surface area (Å²) in [6.45, 7) is 3.20. The number of carbonyl (C=O) groups excluding carboxylic acids is 1. The Morgan fingerprint density at radius 1 is 0.921 bits per heavy atom. The monoisotopic (exact) mass is 526 g/mol. The number of hydrogen-bond acceptors (Lipinski definition) is 7. The zero-order valence-electron chi connectivity index (χ0n) is 20.7. The molecule has 3 aromatic carbocycles.